The van der Waals surface area contributed by atoms with E-state index in [9.17, 15) is 18.0 Å². The van der Waals surface area contributed by atoms with Gasteiger partial charge in [0.05, 0.1) is 11.8 Å². The maximum absolute atomic E-state index is 12.5. The minimum absolute atomic E-state index is 0.112. The molecule has 0 radical (unpaired) electrons. The lowest BCUT2D eigenvalue weighted by atomic mass is 9.98. The number of carbonyl (C=O) groups is 1. The predicted octanol–water partition coefficient (Wildman–Crippen LogP) is 0.911. The molecule has 1 heterocycles. The molecule has 0 saturated heterocycles. The molecule has 7 nitrogen and oxygen atoms in total. The molecule has 1 aliphatic rings. The first-order chi connectivity index (χ1) is 10.2. The van der Waals surface area contributed by atoms with E-state index in [-0.39, 0.29) is 16.8 Å². The standard InChI is InChI=1S/C11H13F3N6OS/c1-10(5-15,6-2-3-6)17-7(21)4-22-9-19-18-8(20(9)16)11(12,13)14/h6H,2-4,16H2,1H3,(H,17,21). The van der Waals surface area contributed by atoms with Crippen LogP contribution in [0.15, 0.2) is 5.16 Å². The molecule has 1 unspecified atom stereocenters. The SMILES string of the molecule is CC(C#N)(NC(=O)CSc1nnc(C(F)(F)F)n1N)C1CC1. The smallest absolute Gasteiger partial charge is 0.337 e. The second-order valence-electron chi connectivity index (χ2n) is 5.10. The van der Waals surface area contributed by atoms with Gasteiger partial charge in [0.15, 0.2) is 0 Å². The van der Waals surface area contributed by atoms with Gasteiger partial charge < -0.3 is 11.2 Å². The number of hydrogen-bond donors (Lipinski definition) is 2. The van der Waals surface area contributed by atoms with E-state index in [0.717, 1.165) is 24.6 Å². The summed E-state index contributed by atoms with van der Waals surface area (Å²) in [6, 6.07) is 2.06. The largest absolute Gasteiger partial charge is 0.453 e. The monoisotopic (exact) mass is 334 g/mol. The average Bonchev–Trinajstić information content (AvgIpc) is 3.20. The molecule has 0 spiro atoms. The van der Waals surface area contributed by atoms with Crippen molar-refractivity contribution >= 4 is 17.7 Å². The van der Waals surface area contributed by atoms with Crippen LogP contribution in [0, 0.1) is 17.2 Å². The van der Waals surface area contributed by atoms with Gasteiger partial charge in [0, 0.05) is 0 Å². The Morgan fingerprint density at radius 3 is 2.64 bits per heavy atom. The molecule has 1 amide bonds. The van der Waals surface area contributed by atoms with E-state index in [0.29, 0.717) is 4.68 Å². The second kappa shape index (κ2) is 5.68. The summed E-state index contributed by atoms with van der Waals surface area (Å²) in [5.74, 6) is 3.34. The molecule has 1 aromatic heterocycles. The molecule has 0 bridgehead atoms. The summed E-state index contributed by atoms with van der Waals surface area (Å²) in [5.41, 5.74) is -0.953. The van der Waals surface area contributed by atoms with Crippen molar-refractivity contribution in [2.45, 2.75) is 36.6 Å². The zero-order chi connectivity index (χ0) is 16.5. The zero-order valence-corrected chi connectivity index (χ0v) is 12.3. The van der Waals surface area contributed by atoms with Gasteiger partial charge in [0.1, 0.15) is 5.54 Å². The number of alkyl halides is 3. The van der Waals surface area contributed by atoms with Crippen LogP contribution < -0.4 is 11.2 Å². The van der Waals surface area contributed by atoms with E-state index >= 15 is 0 Å². The maximum atomic E-state index is 12.5. The second-order valence-corrected chi connectivity index (χ2v) is 6.04. The van der Waals surface area contributed by atoms with Crippen molar-refractivity contribution in [2.24, 2.45) is 5.92 Å². The van der Waals surface area contributed by atoms with Gasteiger partial charge in [-0.15, -0.1) is 10.2 Å². The van der Waals surface area contributed by atoms with Crippen LogP contribution in [-0.2, 0) is 11.0 Å². The highest BCUT2D eigenvalue weighted by Gasteiger charge is 2.43. The first-order valence-corrected chi connectivity index (χ1v) is 7.28. The number of rotatable bonds is 5. The van der Waals surface area contributed by atoms with Gasteiger partial charge in [0.25, 0.3) is 5.82 Å². The zero-order valence-electron chi connectivity index (χ0n) is 11.5. The minimum atomic E-state index is -4.71. The van der Waals surface area contributed by atoms with Crippen LogP contribution >= 0.6 is 11.8 Å². The summed E-state index contributed by atoms with van der Waals surface area (Å²) in [5, 5.41) is 17.7. The molecule has 0 aromatic carbocycles. The summed E-state index contributed by atoms with van der Waals surface area (Å²) in [6.07, 6.45) is -2.98. The predicted molar refractivity (Wildman–Crippen MR) is 70.8 cm³/mol. The van der Waals surface area contributed by atoms with Gasteiger partial charge >= 0.3 is 6.18 Å². The fourth-order valence-corrected chi connectivity index (χ4v) is 2.56. The third kappa shape index (κ3) is 3.44. The number of nitrogens with zero attached hydrogens (tertiary/aromatic N) is 4. The summed E-state index contributed by atoms with van der Waals surface area (Å²) in [6.45, 7) is 1.63. The molecule has 1 fully saturated rings. The lowest BCUT2D eigenvalue weighted by Crippen LogP contribution is -2.47. The lowest BCUT2D eigenvalue weighted by molar-refractivity contribution is -0.146. The molecule has 1 aliphatic carbocycles. The topological polar surface area (TPSA) is 110 Å². The van der Waals surface area contributed by atoms with Gasteiger partial charge in [-0.25, -0.2) is 4.68 Å². The van der Waals surface area contributed by atoms with Gasteiger partial charge in [-0.3, -0.25) is 4.79 Å². The Hall–Kier alpha value is -1.96. The van der Waals surface area contributed by atoms with Gasteiger partial charge in [-0.05, 0) is 25.7 Å². The highest BCUT2D eigenvalue weighted by Crippen LogP contribution is 2.39. The Labute approximate surface area is 128 Å². The van der Waals surface area contributed by atoms with Crippen LogP contribution in [0.3, 0.4) is 0 Å². The van der Waals surface area contributed by atoms with Crippen molar-refractivity contribution in [1.82, 2.24) is 20.2 Å². The first kappa shape index (κ1) is 16.4. The Morgan fingerprint density at radius 2 is 2.18 bits per heavy atom. The molecule has 0 aliphatic heterocycles. The highest BCUT2D eigenvalue weighted by atomic mass is 32.2. The first-order valence-electron chi connectivity index (χ1n) is 6.30. The fourth-order valence-electron chi connectivity index (χ4n) is 1.91. The minimum Gasteiger partial charge on any atom is -0.337 e. The van der Waals surface area contributed by atoms with E-state index in [4.69, 9.17) is 11.1 Å². The molecular weight excluding hydrogens is 321 g/mol. The number of nitrogen functional groups attached to an aromatic ring is 1. The lowest BCUT2D eigenvalue weighted by Gasteiger charge is -2.22. The number of halogens is 3. The van der Waals surface area contributed by atoms with Crippen molar-refractivity contribution in [2.75, 3.05) is 11.6 Å². The molecule has 11 heteroatoms. The molecule has 2 rings (SSSR count). The number of amides is 1. The van der Waals surface area contributed by atoms with Crippen molar-refractivity contribution in [3.63, 3.8) is 0 Å². The van der Waals surface area contributed by atoms with Crippen LogP contribution in [0.1, 0.15) is 25.6 Å². The Morgan fingerprint density at radius 1 is 1.55 bits per heavy atom. The molecule has 1 atom stereocenters. The molecule has 3 N–H and O–H groups in total. The normalized spacial score (nSPS) is 17.6. The van der Waals surface area contributed by atoms with Crippen LogP contribution in [0.4, 0.5) is 13.2 Å². The van der Waals surface area contributed by atoms with E-state index in [1.807, 2.05) is 0 Å². The van der Waals surface area contributed by atoms with Crippen molar-refractivity contribution < 1.29 is 18.0 Å². The highest BCUT2D eigenvalue weighted by molar-refractivity contribution is 7.99. The van der Waals surface area contributed by atoms with Crippen LogP contribution in [0.5, 0.6) is 0 Å². The molecule has 120 valence electrons. The van der Waals surface area contributed by atoms with E-state index in [1.54, 1.807) is 6.92 Å². The molecule has 1 saturated carbocycles. The number of nitrogens with two attached hydrogens (primary N) is 1. The molecule has 1 aromatic rings. The van der Waals surface area contributed by atoms with Crippen molar-refractivity contribution in [3.8, 4) is 6.07 Å². The Bertz CT molecular complexity index is 620. The number of nitriles is 1. The number of carbonyl (C=O) groups excluding carboxylic acids is 1. The van der Waals surface area contributed by atoms with Crippen LogP contribution in [0.2, 0.25) is 0 Å². The summed E-state index contributed by atoms with van der Waals surface area (Å²) < 4.78 is 37.8. The van der Waals surface area contributed by atoms with Crippen LogP contribution in [0.25, 0.3) is 0 Å². The quantitative estimate of drug-likeness (QED) is 0.612. The van der Waals surface area contributed by atoms with Crippen LogP contribution in [-0.4, -0.2) is 32.1 Å². The van der Waals surface area contributed by atoms with E-state index in [2.05, 4.69) is 21.6 Å². The third-order valence-electron chi connectivity index (χ3n) is 3.28. The van der Waals surface area contributed by atoms with E-state index < -0.39 is 23.4 Å². The fraction of sp³-hybridized carbons (Fsp3) is 0.636. The van der Waals surface area contributed by atoms with E-state index in [1.165, 1.54) is 0 Å². The average molecular weight is 334 g/mol. The Kier molecular flexibility index (Phi) is 4.23. The number of thioether (sulfide) groups is 1. The number of hydrogen-bond acceptors (Lipinski definition) is 6. The summed E-state index contributed by atoms with van der Waals surface area (Å²) in [4.78, 5) is 11.8. The summed E-state index contributed by atoms with van der Waals surface area (Å²) >= 11 is 0.718. The summed E-state index contributed by atoms with van der Waals surface area (Å²) in [7, 11) is 0. The number of nitrogens with one attached hydrogen (secondary N) is 1. The Balaban J connectivity index is 1.95. The van der Waals surface area contributed by atoms with Gasteiger partial charge in [-0.2, -0.15) is 18.4 Å². The number of aromatic nitrogens is 3. The maximum Gasteiger partial charge on any atom is 0.453 e. The third-order valence-corrected chi connectivity index (χ3v) is 4.22. The van der Waals surface area contributed by atoms with Crippen molar-refractivity contribution in [3.05, 3.63) is 5.82 Å². The molecular formula is C11H13F3N6OS. The van der Waals surface area contributed by atoms with Crippen molar-refractivity contribution in [1.29, 1.82) is 5.26 Å². The van der Waals surface area contributed by atoms with Gasteiger partial charge in [-0.1, -0.05) is 11.8 Å². The molecule has 22 heavy (non-hydrogen) atoms. The van der Waals surface area contributed by atoms with Gasteiger partial charge in [0.2, 0.25) is 11.1 Å².